The van der Waals surface area contributed by atoms with Gasteiger partial charge in [0.25, 0.3) is 0 Å². The van der Waals surface area contributed by atoms with Gasteiger partial charge in [-0.25, -0.2) is 4.79 Å². The normalized spacial score (nSPS) is 20.1. The molecule has 0 unspecified atom stereocenters. The highest BCUT2D eigenvalue weighted by Gasteiger charge is 2.23. The van der Waals surface area contributed by atoms with Gasteiger partial charge in [0, 0.05) is 23.1 Å². The second kappa shape index (κ2) is 11.2. The number of aromatic amines is 1. The number of hydrogen-bond acceptors (Lipinski definition) is 5. The third-order valence-corrected chi connectivity index (χ3v) is 7.38. The molecule has 7 heteroatoms. The summed E-state index contributed by atoms with van der Waals surface area (Å²) in [6.45, 7) is 3.86. The first-order valence-corrected chi connectivity index (χ1v) is 12.8. The van der Waals surface area contributed by atoms with Crippen molar-refractivity contribution in [1.82, 2.24) is 20.5 Å². The van der Waals surface area contributed by atoms with Gasteiger partial charge in [0.1, 0.15) is 6.61 Å². The molecule has 1 amide bonds. The van der Waals surface area contributed by atoms with Crippen LogP contribution in [0.15, 0.2) is 54.7 Å². The number of rotatable bonds is 10. The number of aromatic nitrogens is 1. The number of likely N-dealkylation sites (tertiary alicyclic amines) is 1. The van der Waals surface area contributed by atoms with Gasteiger partial charge >= 0.3 is 6.09 Å². The van der Waals surface area contributed by atoms with Crippen LogP contribution in [0.5, 0.6) is 0 Å². The summed E-state index contributed by atoms with van der Waals surface area (Å²) in [4.78, 5) is 17.3. The monoisotopic (exact) mass is 476 g/mol. The van der Waals surface area contributed by atoms with Crippen molar-refractivity contribution in [3.8, 4) is 0 Å². The molecule has 7 nitrogen and oxygen atoms in total. The number of amides is 1. The minimum absolute atomic E-state index is 0.0111. The van der Waals surface area contributed by atoms with E-state index in [-0.39, 0.29) is 24.8 Å². The number of nitrogens with one attached hydrogen (secondary N) is 3. The fourth-order valence-electron chi connectivity index (χ4n) is 5.42. The van der Waals surface area contributed by atoms with E-state index in [0.29, 0.717) is 12.6 Å². The SMILES string of the molecule is O=C1N[C@@H](Cc2ccc3[nH]cc(CCCN4CCC(N[C@@H](CO)c5ccccc5)CC4)c3c2)CO1. The topological polar surface area (TPSA) is 89.6 Å². The number of aryl methyl sites for hydroxylation is 1. The second-order valence-corrected chi connectivity index (χ2v) is 9.87. The lowest BCUT2D eigenvalue weighted by molar-refractivity contribution is 0.171. The maximum atomic E-state index is 11.3. The molecule has 1 aromatic heterocycles. The smallest absolute Gasteiger partial charge is 0.407 e. The number of ether oxygens (including phenoxy) is 1. The van der Waals surface area contributed by atoms with E-state index < -0.39 is 0 Å². The third kappa shape index (κ3) is 6.04. The van der Waals surface area contributed by atoms with Gasteiger partial charge in [-0.1, -0.05) is 36.4 Å². The van der Waals surface area contributed by atoms with Crippen LogP contribution in [0.4, 0.5) is 4.79 Å². The summed E-state index contributed by atoms with van der Waals surface area (Å²) in [5.41, 5.74) is 4.90. The summed E-state index contributed by atoms with van der Waals surface area (Å²) < 4.78 is 5.02. The van der Waals surface area contributed by atoms with Crippen LogP contribution in [0.2, 0.25) is 0 Å². The van der Waals surface area contributed by atoms with E-state index in [0.717, 1.165) is 57.3 Å². The number of carbonyl (C=O) groups is 1. The van der Waals surface area contributed by atoms with Gasteiger partial charge in [-0.15, -0.1) is 0 Å². The van der Waals surface area contributed by atoms with Gasteiger partial charge < -0.3 is 30.4 Å². The van der Waals surface area contributed by atoms with Crippen LogP contribution in [0.1, 0.15) is 42.0 Å². The maximum Gasteiger partial charge on any atom is 0.407 e. The number of cyclic esters (lactones) is 1. The van der Waals surface area contributed by atoms with Crippen LogP contribution in [0.25, 0.3) is 10.9 Å². The third-order valence-electron chi connectivity index (χ3n) is 7.38. The van der Waals surface area contributed by atoms with Crippen LogP contribution in [0, 0.1) is 0 Å². The highest BCUT2D eigenvalue weighted by Crippen LogP contribution is 2.23. The Kier molecular flexibility index (Phi) is 7.66. The van der Waals surface area contributed by atoms with Crippen molar-refractivity contribution in [3.63, 3.8) is 0 Å². The molecule has 2 atom stereocenters. The zero-order valence-electron chi connectivity index (χ0n) is 20.2. The summed E-state index contributed by atoms with van der Waals surface area (Å²) in [5.74, 6) is 0. The number of benzene rings is 2. The van der Waals surface area contributed by atoms with E-state index in [4.69, 9.17) is 4.74 Å². The number of piperidine rings is 1. The summed E-state index contributed by atoms with van der Waals surface area (Å²) in [5, 5.41) is 17.7. The number of H-pyrrole nitrogens is 1. The van der Waals surface area contributed by atoms with Crippen LogP contribution in [-0.4, -0.2) is 66.0 Å². The molecule has 2 aliphatic rings. The first kappa shape index (κ1) is 23.9. The number of fused-ring (bicyclic) bond motifs is 1. The van der Waals surface area contributed by atoms with Crippen LogP contribution < -0.4 is 10.6 Å². The molecular formula is C28H36N4O3. The van der Waals surface area contributed by atoms with Gasteiger partial charge in [-0.3, -0.25) is 0 Å². The molecule has 2 aromatic carbocycles. The lowest BCUT2D eigenvalue weighted by atomic mass is 10.00. The van der Waals surface area contributed by atoms with Gasteiger partial charge in [0.2, 0.25) is 0 Å². The van der Waals surface area contributed by atoms with Gasteiger partial charge in [0.15, 0.2) is 0 Å². The van der Waals surface area contributed by atoms with Crippen molar-refractivity contribution >= 4 is 17.0 Å². The summed E-state index contributed by atoms with van der Waals surface area (Å²) >= 11 is 0. The Hall–Kier alpha value is -2.87. The Morgan fingerprint density at radius 2 is 1.97 bits per heavy atom. The number of aliphatic hydroxyl groups is 1. The van der Waals surface area contributed by atoms with Crippen LogP contribution in [-0.2, 0) is 17.6 Å². The fourth-order valence-corrected chi connectivity index (χ4v) is 5.42. The van der Waals surface area contributed by atoms with Gasteiger partial charge in [0.05, 0.1) is 18.7 Å². The van der Waals surface area contributed by atoms with E-state index in [1.807, 2.05) is 18.2 Å². The second-order valence-electron chi connectivity index (χ2n) is 9.87. The van der Waals surface area contributed by atoms with E-state index in [1.165, 1.54) is 22.0 Å². The van der Waals surface area contributed by atoms with Crippen molar-refractivity contribution < 1.29 is 14.6 Å². The molecule has 186 valence electrons. The predicted molar refractivity (Wildman–Crippen MR) is 137 cm³/mol. The average Bonchev–Trinajstić information content (AvgIpc) is 3.49. The van der Waals surface area contributed by atoms with Gasteiger partial charge in [-0.2, -0.15) is 0 Å². The molecule has 5 rings (SSSR count). The van der Waals surface area contributed by atoms with E-state index >= 15 is 0 Å². The molecule has 0 radical (unpaired) electrons. The molecule has 35 heavy (non-hydrogen) atoms. The first-order chi connectivity index (χ1) is 17.2. The average molecular weight is 477 g/mol. The molecule has 2 saturated heterocycles. The molecule has 0 bridgehead atoms. The van der Waals surface area contributed by atoms with Crippen LogP contribution in [0.3, 0.4) is 0 Å². The Morgan fingerprint density at radius 3 is 2.71 bits per heavy atom. The van der Waals surface area contributed by atoms with Crippen molar-refractivity contribution in [2.45, 2.75) is 50.2 Å². The molecule has 3 aromatic rings. The number of nitrogens with zero attached hydrogens (tertiary/aromatic N) is 1. The molecule has 0 aliphatic carbocycles. The first-order valence-electron chi connectivity index (χ1n) is 12.8. The molecule has 0 saturated carbocycles. The molecule has 4 N–H and O–H groups in total. The Balaban J connectivity index is 1.08. The Bertz CT molecular complexity index is 1110. The highest BCUT2D eigenvalue weighted by atomic mass is 16.6. The largest absolute Gasteiger partial charge is 0.447 e. The number of carbonyl (C=O) groups excluding carboxylic acids is 1. The standard InChI is InChI=1S/C28H36N4O3/c33-18-27(21-5-2-1-3-6-21)30-23-10-13-32(14-11-23)12-4-7-22-17-29-26-9-8-20(16-25(22)26)15-24-19-35-28(34)31-24/h1-3,5-6,8-9,16-17,23-24,27,29-30,33H,4,7,10-15,18-19H2,(H,31,34)/t24-,27-/m0/s1. The summed E-state index contributed by atoms with van der Waals surface area (Å²) in [6.07, 6.45) is 7.02. The van der Waals surface area contributed by atoms with E-state index in [1.54, 1.807) is 0 Å². The van der Waals surface area contributed by atoms with E-state index in [9.17, 15) is 9.90 Å². The van der Waals surface area contributed by atoms with Gasteiger partial charge in [-0.05, 0) is 80.6 Å². The summed E-state index contributed by atoms with van der Waals surface area (Å²) in [6, 6.07) is 17.3. The van der Waals surface area contributed by atoms with Crippen LogP contribution >= 0.6 is 0 Å². The fraction of sp³-hybridized carbons (Fsp3) is 0.464. The molecule has 2 fully saturated rings. The summed E-state index contributed by atoms with van der Waals surface area (Å²) in [7, 11) is 0. The molecule has 3 heterocycles. The zero-order chi connectivity index (χ0) is 24.0. The number of aliphatic hydroxyl groups excluding tert-OH is 1. The molecule has 2 aliphatic heterocycles. The number of hydrogen-bond donors (Lipinski definition) is 4. The lowest BCUT2D eigenvalue weighted by Gasteiger charge is -2.34. The minimum atomic E-state index is -0.317. The highest BCUT2D eigenvalue weighted by molar-refractivity contribution is 5.84. The lowest BCUT2D eigenvalue weighted by Crippen LogP contribution is -2.44. The predicted octanol–water partition coefficient (Wildman–Crippen LogP) is 3.54. The van der Waals surface area contributed by atoms with Crippen molar-refractivity contribution in [2.75, 3.05) is 32.8 Å². The van der Waals surface area contributed by atoms with Crippen molar-refractivity contribution in [1.29, 1.82) is 0 Å². The van der Waals surface area contributed by atoms with E-state index in [2.05, 4.69) is 57.0 Å². The quantitative estimate of drug-likeness (QED) is 0.359. The Labute approximate surface area is 206 Å². The number of alkyl carbamates (subject to hydrolysis) is 1. The maximum absolute atomic E-state index is 11.3. The van der Waals surface area contributed by atoms with Crippen molar-refractivity contribution in [3.05, 3.63) is 71.4 Å². The molecule has 0 spiro atoms. The zero-order valence-corrected chi connectivity index (χ0v) is 20.2. The van der Waals surface area contributed by atoms with Crippen molar-refractivity contribution in [2.24, 2.45) is 0 Å². The molecular weight excluding hydrogens is 440 g/mol. The minimum Gasteiger partial charge on any atom is -0.447 e. The Morgan fingerprint density at radius 1 is 1.14 bits per heavy atom.